The lowest BCUT2D eigenvalue weighted by Crippen LogP contribution is -2.31. The van der Waals surface area contributed by atoms with E-state index in [0.29, 0.717) is 11.7 Å². The van der Waals surface area contributed by atoms with E-state index < -0.39 is 10.0 Å². The zero-order chi connectivity index (χ0) is 14.8. The first kappa shape index (κ1) is 14.7. The Balaban J connectivity index is 2.24. The van der Waals surface area contributed by atoms with Crippen molar-refractivity contribution in [2.75, 3.05) is 0 Å². The maximum absolute atomic E-state index is 12.1. The van der Waals surface area contributed by atoms with Crippen LogP contribution in [-0.2, 0) is 10.0 Å². The number of rotatable bonds is 5. The van der Waals surface area contributed by atoms with Crippen molar-refractivity contribution in [1.29, 1.82) is 0 Å². The molecule has 0 fully saturated rings. The third kappa shape index (κ3) is 3.26. The van der Waals surface area contributed by atoms with Gasteiger partial charge in [0.25, 0.3) is 0 Å². The van der Waals surface area contributed by atoms with Crippen LogP contribution in [0, 0.1) is 6.92 Å². The van der Waals surface area contributed by atoms with Crippen LogP contribution in [0.25, 0.3) is 11.3 Å². The van der Waals surface area contributed by atoms with Crippen LogP contribution in [0.1, 0.15) is 26.2 Å². The summed E-state index contributed by atoms with van der Waals surface area (Å²) in [7, 11) is -3.46. The number of nitrogens with one attached hydrogen (secondary N) is 1. The molecule has 0 aliphatic rings. The molecule has 0 aliphatic heterocycles. The summed E-state index contributed by atoms with van der Waals surface area (Å²) < 4.78 is 32.2. The molecular formula is C14H18N2O3S. The summed E-state index contributed by atoms with van der Waals surface area (Å²) in [5.41, 5.74) is 0.799. The zero-order valence-corrected chi connectivity index (χ0v) is 12.6. The molecule has 0 radical (unpaired) electrons. The summed E-state index contributed by atoms with van der Waals surface area (Å²) in [6.07, 6.45) is 2.37. The zero-order valence-electron chi connectivity index (χ0n) is 11.8. The minimum atomic E-state index is -3.46. The summed E-state index contributed by atoms with van der Waals surface area (Å²) in [6, 6.07) is 6.48. The van der Waals surface area contributed by atoms with E-state index in [2.05, 4.69) is 9.71 Å². The van der Waals surface area contributed by atoms with Crippen molar-refractivity contribution in [3.05, 3.63) is 36.4 Å². The van der Waals surface area contributed by atoms with Gasteiger partial charge in [-0.2, -0.15) is 0 Å². The van der Waals surface area contributed by atoms with Gasteiger partial charge in [0.2, 0.25) is 10.0 Å². The average molecular weight is 294 g/mol. The van der Waals surface area contributed by atoms with Gasteiger partial charge in [0.1, 0.15) is 0 Å². The largest absolute Gasteiger partial charge is 0.441 e. The molecule has 5 nitrogen and oxygen atoms in total. The number of hydrogen-bond acceptors (Lipinski definition) is 4. The van der Waals surface area contributed by atoms with E-state index in [4.69, 9.17) is 4.42 Å². The average Bonchev–Trinajstić information content (AvgIpc) is 2.85. The minimum absolute atomic E-state index is 0.0865. The highest BCUT2D eigenvalue weighted by molar-refractivity contribution is 7.89. The molecule has 0 saturated heterocycles. The molecule has 0 unspecified atom stereocenters. The lowest BCUT2D eigenvalue weighted by atomic mass is 10.2. The van der Waals surface area contributed by atoms with Gasteiger partial charge in [-0.3, -0.25) is 0 Å². The predicted octanol–water partition coefficient (Wildman–Crippen LogP) is 2.73. The second kappa shape index (κ2) is 5.76. The molecule has 1 aromatic heterocycles. The predicted molar refractivity (Wildman–Crippen MR) is 76.8 cm³/mol. The van der Waals surface area contributed by atoms with Crippen molar-refractivity contribution in [2.45, 2.75) is 38.1 Å². The van der Waals surface area contributed by atoms with Gasteiger partial charge in [-0.15, -0.1) is 0 Å². The van der Waals surface area contributed by atoms with Crippen molar-refractivity contribution in [3.8, 4) is 11.3 Å². The van der Waals surface area contributed by atoms with Gasteiger partial charge in [0.05, 0.1) is 11.1 Å². The molecule has 108 valence electrons. The van der Waals surface area contributed by atoms with Crippen molar-refractivity contribution in [1.82, 2.24) is 9.71 Å². The smallest absolute Gasteiger partial charge is 0.240 e. The number of nitrogens with zero attached hydrogens (tertiary/aromatic N) is 1. The topological polar surface area (TPSA) is 72.2 Å². The van der Waals surface area contributed by atoms with Crippen LogP contribution < -0.4 is 4.72 Å². The van der Waals surface area contributed by atoms with Crippen molar-refractivity contribution >= 4 is 10.0 Å². The van der Waals surface area contributed by atoms with Crippen LogP contribution in [0.4, 0.5) is 0 Å². The number of oxazole rings is 1. The van der Waals surface area contributed by atoms with Gasteiger partial charge in [-0.1, -0.05) is 6.92 Å². The summed E-state index contributed by atoms with van der Waals surface area (Å²) >= 11 is 0. The van der Waals surface area contributed by atoms with Crippen LogP contribution >= 0.6 is 0 Å². The SMILES string of the molecule is CC[C@@H](C)NS(=O)(=O)c1ccc(-c2cnc(C)o2)cc1. The Hall–Kier alpha value is -1.66. The molecule has 0 amide bonds. The maximum Gasteiger partial charge on any atom is 0.240 e. The molecule has 20 heavy (non-hydrogen) atoms. The van der Waals surface area contributed by atoms with E-state index in [1.54, 1.807) is 37.4 Å². The molecule has 1 heterocycles. The van der Waals surface area contributed by atoms with Crippen LogP contribution in [0.2, 0.25) is 0 Å². The molecule has 2 aromatic rings. The summed E-state index contributed by atoms with van der Waals surface area (Å²) in [4.78, 5) is 4.27. The first-order chi connectivity index (χ1) is 9.42. The Morgan fingerprint density at radius 3 is 2.45 bits per heavy atom. The Bertz CT molecular complexity index is 675. The third-order valence-corrected chi connectivity index (χ3v) is 4.64. The molecule has 0 bridgehead atoms. The fourth-order valence-electron chi connectivity index (χ4n) is 1.71. The standard InChI is InChI=1S/C14H18N2O3S/c1-4-10(2)16-20(17,18)13-7-5-12(6-8-13)14-9-15-11(3)19-14/h5-10,16H,4H2,1-3H3/t10-/m1/s1. The highest BCUT2D eigenvalue weighted by atomic mass is 32.2. The molecule has 6 heteroatoms. The second-order valence-corrected chi connectivity index (χ2v) is 6.41. The molecule has 1 N–H and O–H groups in total. The molecule has 0 aliphatic carbocycles. The fourth-order valence-corrected chi connectivity index (χ4v) is 3.04. The minimum Gasteiger partial charge on any atom is -0.441 e. The van der Waals surface area contributed by atoms with Crippen LogP contribution in [0.3, 0.4) is 0 Å². The summed E-state index contributed by atoms with van der Waals surface area (Å²) in [5.74, 6) is 1.21. The van der Waals surface area contributed by atoms with E-state index in [0.717, 1.165) is 12.0 Å². The van der Waals surface area contributed by atoms with Gasteiger partial charge in [-0.25, -0.2) is 18.1 Å². The highest BCUT2D eigenvalue weighted by Gasteiger charge is 2.16. The number of sulfonamides is 1. The maximum atomic E-state index is 12.1. The first-order valence-electron chi connectivity index (χ1n) is 6.47. The molecule has 1 aromatic carbocycles. The fraction of sp³-hybridized carbons (Fsp3) is 0.357. The third-order valence-electron chi connectivity index (χ3n) is 3.04. The van der Waals surface area contributed by atoms with E-state index in [1.165, 1.54) is 0 Å². The van der Waals surface area contributed by atoms with Crippen molar-refractivity contribution in [3.63, 3.8) is 0 Å². The highest BCUT2D eigenvalue weighted by Crippen LogP contribution is 2.22. The van der Waals surface area contributed by atoms with Crippen LogP contribution in [-0.4, -0.2) is 19.4 Å². The quantitative estimate of drug-likeness (QED) is 0.920. The molecule has 0 spiro atoms. The Morgan fingerprint density at radius 1 is 1.30 bits per heavy atom. The lowest BCUT2D eigenvalue weighted by molar-refractivity contribution is 0.534. The van der Waals surface area contributed by atoms with Gasteiger partial charge in [0.15, 0.2) is 11.7 Å². The summed E-state index contributed by atoms with van der Waals surface area (Å²) in [5, 5.41) is 0. The van der Waals surface area contributed by atoms with Gasteiger partial charge < -0.3 is 4.42 Å². The molecule has 1 atom stereocenters. The molecule has 2 rings (SSSR count). The van der Waals surface area contributed by atoms with E-state index in [1.807, 2.05) is 13.8 Å². The molecule has 0 saturated carbocycles. The first-order valence-corrected chi connectivity index (χ1v) is 7.96. The van der Waals surface area contributed by atoms with Crippen LogP contribution in [0.5, 0.6) is 0 Å². The Morgan fingerprint density at radius 2 is 1.95 bits per heavy atom. The van der Waals surface area contributed by atoms with Crippen molar-refractivity contribution in [2.24, 2.45) is 0 Å². The van der Waals surface area contributed by atoms with Gasteiger partial charge >= 0.3 is 0 Å². The van der Waals surface area contributed by atoms with E-state index >= 15 is 0 Å². The number of aryl methyl sites for hydroxylation is 1. The Labute approximate surface area is 119 Å². The normalized spacial score (nSPS) is 13.3. The van der Waals surface area contributed by atoms with Gasteiger partial charge in [-0.05, 0) is 37.6 Å². The van der Waals surface area contributed by atoms with Gasteiger partial charge in [0, 0.05) is 18.5 Å². The monoisotopic (exact) mass is 294 g/mol. The van der Waals surface area contributed by atoms with E-state index in [-0.39, 0.29) is 10.9 Å². The van der Waals surface area contributed by atoms with Crippen LogP contribution in [0.15, 0.2) is 39.8 Å². The molecular weight excluding hydrogens is 276 g/mol. The van der Waals surface area contributed by atoms with Crippen molar-refractivity contribution < 1.29 is 12.8 Å². The number of benzene rings is 1. The second-order valence-electron chi connectivity index (χ2n) is 4.70. The van der Waals surface area contributed by atoms with E-state index in [9.17, 15) is 8.42 Å². The summed E-state index contributed by atoms with van der Waals surface area (Å²) in [6.45, 7) is 5.53. The lowest BCUT2D eigenvalue weighted by Gasteiger charge is -2.12. The number of aromatic nitrogens is 1. The number of hydrogen-bond donors (Lipinski definition) is 1. The Kier molecular flexibility index (Phi) is 4.25.